The minimum absolute atomic E-state index is 0.0847. The van der Waals surface area contributed by atoms with Crippen LogP contribution in [0.2, 0.25) is 0 Å². The maximum Gasteiger partial charge on any atom is 0.195 e. The Bertz CT molecular complexity index is 1230. The fourth-order valence-corrected chi connectivity index (χ4v) is 5.52. The third kappa shape index (κ3) is 3.03. The van der Waals surface area contributed by atoms with E-state index in [9.17, 15) is 10.1 Å². The number of aromatic amines is 1. The summed E-state index contributed by atoms with van der Waals surface area (Å²) in [5, 5.41) is 10.2. The van der Waals surface area contributed by atoms with Crippen molar-refractivity contribution < 1.29 is 4.79 Å². The predicted molar refractivity (Wildman–Crippen MR) is 124 cm³/mol. The van der Waals surface area contributed by atoms with E-state index in [4.69, 9.17) is 0 Å². The molecule has 4 nitrogen and oxygen atoms in total. The van der Waals surface area contributed by atoms with Gasteiger partial charge in [-0.25, -0.2) is 0 Å². The number of nitrogens with zero attached hydrogens (tertiary/aromatic N) is 2. The van der Waals surface area contributed by atoms with Crippen LogP contribution in [0.5, 0.6) is 0 Å². The first-order valence-corrected chi connectivity index (χ1v) is 11.3. The molecule has 2 aromatic carbocycles. The molecule has 0 amide bonds. The number of piperidine rings is 1. The highest BCUT2D eigenvalue weighted by Crippen LogP contribution is 2.45. The number of benzene rings is 2. The molecule has 0 spiro atoms. The van der Waals surface area contributed by atoms with Gasteiger partial charge in [-0.05, 0) is 69.0 Å². The van der Waals surface area contributed by atoms with Crippen LogP contribution in [-0.2, 0) is 5.41 Å². The van der Waals surface area contributed by atoms with Gasteiger partial charge >= 0.3 is 0 Å². The maximum atomic E-state index is 13.5. The Morgan fingerprint density at radius 3 is 2.55 bits per heavy atom. The molecule has 0 bridgehead atoms. The second-order valence-corrected chi connectivity index (χ2v) is 9.91. The van der Waals surface area contributed by atoms with E-state index in [1.807, 2.05) is 12.1 Å². The number of fused-ring (bicyclic) bond motifs is 4. The lowest BCUT2D eigenvalue weighted by Gasteiger charge is -2.36. The van der Waals surface area contributed by atoms with Crippen molar-refractivity contribution in [2.24, 2.45) is 0 Å². The zero-order chi connectivity index (χ0) is 21.9. The molecule has 0 saturated carbocycles. The molecule has 1 aliphatic heterocycles. The van der Waals surface area contributed by atoms with Gasteiger partial charge in [-0.1, -0.05) is 38.1 Å². The SMILES string of the molecule is CC(C)N1CCC(c2ccc3c(c2)C(C)(C)c2[nH]c4cc(C#N)ccc4c2C3=O)CC1. The Kier molecular flexibility index (Phi) is 4.57. The van der Waals surface area contributed by atoms with Gasteiger partial charge in [0.25, 0.3) is 0 Å². The van der Waals surface area contributed by atoms with Gasteiger partial charge in [-0.3, -0.25) is 4.79 Å². The summed E-state index contributed by atoms with van der Waals surface area (Å²) < 4.78 is 0. The van der Waals surface area contributed by atoms with Crippen molar-refractivity contribution in [2.45, 2.75) is 57.9 Å². The van der Waals surface area contributed by atoms with Crippen LogP contribution >= 0.6 is 0 Å². The topological polar surface area (TPSA) is 59.9 Å². The average molecular weight is 412 g/mol. The number of H-pyrrole nitrogens is 1. The van der Waals surface area contributed by atoms with Crippen LogP contribution in [-0.4, -0.2) is 34.8 Å². The summed E-state index contributed by atoms with van der Waals surface area (Å²) in [6, 6.07) is 14.8. The number of likely N-dealkylation sites (tertiary alicyclic amines) is 1. The van der Waals surface area contributed by atoms with Crippen molar-refractivity contribution in [2.75, 3.05) is 13.1 Å². The van der Waals surface area contributed by atoms with Gasteiger partial charge in [0.15, 0.2) is 5.78 Å². The molecule has 1 saturated heterocycles. The summed E-state index contributed by atoms with van der Waals surface area (Å²) >= 11 is 0. The Hall–Kier alpha value is -2.90. The van der Waals surface area contributed by atoms with Crippen molar-refractivity contribution in [1.82, 2.24) is 9.88 Å². The minimum atomic E-state index is -0.307. The van der Waals surface area contributed by atoms with Gasteiger partial charge in [-0.15, -0.1) is 0 Å². The standard InChI is InChI=1S/C27H29N3O/c1-16(2)30-11-9-18(10-12-30)19-6-8-20-22(14-19)27(3,4)26-24(25(20)31)21-7-5-17(15-28)13-23(21)29-26/h5-8,13-14,16,18,29H,9-12H2,1-4H3. The highest BCUT2D eigenvalue weighted by atomic mass is 16.1. The molecule has 158 valence electrons. The number of carbonyl (C=O) groups is 1. The van der Waals surface area contributed by atoms with Gasteiger partial charge in [0.1, 0.15) is 0 Å². The lowest BCUT2D eigenvalue weighted by molar-refractivity contribution is 0.103. The van der Waals surface area contributed by atoms with E-state index >= 15 is 0 Å². The van der Waals surface area contributed by atoms with Gasteiger partial charge in [0.05, 0.1) is 17.2 Å². The largest absolute Gasteiger partial charge is 0.357 e. The lowest BCUT2D eigenvalue weighted by atomic mass is 9.70. The smallest absolute Gasteiger partial charge is 0.195 e. The Morgan fingerprint density at radius 2 is 1.87 bits per heavy atom. The summed E-state index contributed by atoms with van der Waals surface area (Å²) in [6.07, 6.45) is 2.33. The van der Waals surface area contributed by atoms with E-state index in [0.29, 0.717) is 17.5 Å². The summed E-state index contributed by atoms with van der Waals surface area (Å²) in [5.41, 5.74) is 6.15. The molecule has 0 unspecified atom stereocenters. The molecule has 0 atom stereocenters. The number of hydrogen-bond acceptors (Lipinski definition) is 3. The number of ketones is 1. The molecular weight excluding hydrogens is 382 g/mol. The van der Waals surface area contributed by atoms with Crippen molar-refractivity contribution in [1.29, 1.82) is 5.26 Å². The summed E-state index contributed by atoms with van der Waals surface area (Å²) in [5.74, 6) is 0.634. The Morgan fingerprint density at radius 1 is 1.13 bits per heavy atom. The zero-order valence-electron chi connectivity index (χ0n) is 18.7. The quantitative estimate of drug-likeness (QED) is 0.606. The summed E-state index contributed by atoms with van der Waals surface area (Å²) in [6.45, 7) is 11.2. The molecule has 1 fully saturated rings. The van der Waals surface area contributed by atoms with Crippen LogP contribution in [0.15, 0.2) is 36.4 Å². The zero-order valence-corrected chi connectivity index (χ0v) is 18.7. The molecule has 3 aromatic rings. The van der Waals surface area contributed by atoms with Crippen LogP contribution < -0.4 is 0 Å². The fraction of sp³-hybridized carbons (Fsp3) is 0.407. The van der Waals surface area contributed by atoms with Crippen LogP contribution in [0.4, 0.5) is 0 Å². The van der Waals surface area contributed by atoms with E-state index in [1.54, 1.807) is 6.07 Å². The van der Waals surface area contributed by atoms with E-state index in [-0.39, 0.29) is 11.2 Å². The third-order valence-electron chi connectivity index (χ3n) is 7.47. The molecule has 1 aromatic heterocycles. The van der Waals surface area contributed by atoms with Crippen molar-refractivity contribution in [3.05, 3.63) is 69.9 Å². The minimum Gasteiger partial charge on any atom is -0.357 e. The first-order chi connectivity index (χ1) is 14.8. The first kappa shape index (κ1) is 20.0. The molecule has 1 aliphatic carbocycles. The Labute approximate surface area is 183 Å². The molecular formula is C27H29N3O. The van der Waals surface area contributed by atoms with Gasteiger partial charge in [0, 0.05) is 33.6 Å². The number of carbonyl (C=O) groups excluding carboxylic acids is 1. The molecule has 31 heavy (non-hydrogen) atoms. The molecule has 5 rings (SSSR count). The molecule has 0 radical (unpaired) electrons. The van der Waals surface area contributed by atoms with E-state index < -0.39 is 0 Å². The molecule has 4 heteroatoms. The van der Waals surface area contributed by atoms with Crippen LogP contribution in [0.25, 0.3) is 10.9 Å². The number of hydrogen-bond donors (Lipinski definition) is 1. The second kappa shape index (κ2) is 7.07. The fourth-order valence-electron chi connectivity index (χ4n) is 5.52. The molecule has 2 heterocycles. The van der Waals surface area contributed by atoms with Crippen molar-refractivity contribution in [3.63, 3.8) is 0 Å². The Balaban J connectivity index is 1.57. The first-order valence-electron chi connectivity index (χ1n) is 11.3. The summed E-state index contributed by atoms with van der Waals surface area (Å²) in [7, 11) is 0. The number of aromatic nitrogens is 1. The second-order valence-electron chi connectivity index (χ2n) is 9.91. The van der Waals surface area contributed by atoms with E-state index in [0.717, 1.165) is 46.4 Å². The van der Waals surface area contributed by atoms with Crippen molar-refractivity contribution >= 4 is 16.7 Å². The highest BCUT2D eigenvalue weighted by molar-refractivity contribution is 6.20. The maximum absolute atomic E-state index is 13.5. The van der Waals surface area contributed by atoms with Gasteiger partial charge in [-0.2, -0.15) is 5.26 Å². The molecule has 1 N–H and O–H groups in total. The predicted octanol–water partition coefficient (Wildman–Crippen LogP) is 5.50. The third-order valence-corrected chi connectivity index (χ3v) is 7.47. The van der Waals surface area contributed by atoms with Crippen molar-refractivity contribution in [3.8, 4) is 6.07 Å². The van der Waals surface area contributed by atoms with E-state index in [1.165, 1.54) is 18.4 Å². The highest BCUT2D eigenvalue weighted by Gasteiger charge is 2.40. The number of nitriles is 1. The lowest BCUT2D eigenvalue weighted by Crippen LogP contribution is -2.38. The van der Waals surface area contributed by atoms with Crippen LogP contribution in [0.3, 0.4) is 0 Å². The van der Waals surface area contributed by atoms with Crippen LogP contribution in [0, 0.1) is 11.3 Å². The summed E-state index contributed by atoms with van der Waals surface area (Å²) in [4.78, 5) is 19.6. The molecule has 2 aliphatic rings. The number of rotatable bonds is 2. The average Bonchev–Trinajstić information content (AvgIpc) is 3.17. The van der Waals surface area contributed by atoms with Gasteiger partial charge in [0.2, 0.25) is 0 Å². The van der Waals surface area contributed by atoms with Gasteiger partial charge < -0.3 is 9.88 Å². The monoisotopic (exact) mass is 411 g/mol. The number of nitrogens with one attached hydrogen (secondary N) is 1. The normalized spacial score (nSPS) is 18.8. The van der Waals surface area contributed by atoms with Crippen LogP contribution in [0.1, 0.15) is 84.8 Å². The van der Waals surface area contributed by atoms with E-state index in [2.05, 4.69) is 61.8 Å².